The van der Waals surface area contributed by atoms with Gasteiger partial charge in [-0.25, -0.2) is 4.68 Å². The quantitative estimate of drug-likeness (QED) is 0.790. The zero-order valence-electron chi connectivity index (χ0n) is 12.1. The van der Waals surface area contributed by atoms with E-state index in [2.05, 4.69) is 60.9 Å². The van der Waals surface area contributed by atoms with Gasteiger partial charge in [0.2, 0.25) is 0 Å². The third kappa shape index (κ3) is 2.09. The van der Waals surface area contributed by atoms with Crippen molar-refractivity contribution in [2.45, 2.75) is 46.0 Å². The summed E-state index contributed by atoms with van der Waals surface area (Å²) in [6.45, 7) is 6.85. The van der Waals surface area contributed by atoms with E-state index in [0.717, 1.165) is 0 Å². The molecule has 1 aromatic heterocycles. The standard InChI is InChI=1S/C17H22N2/c1-4-17(3)11-14(12-17)16-9-10-18-19(16)15-8-6-5-7-13(15)2/h5-10,14H,4,11-12H2,1-3H3. The zero-order valence-corrected chi connectivity index (χ0v) is 12.1. The van der Waals surface area contributed by atoms with Crippen molar-refractivity contribution in [3.63, 3.8) is 0 Å². The summed E-state index contributed by atoms with van der Waals surface area (Å²) in [6.07, 6.45) is 5.80. The molecule has 1 saturated carbocycles. The molecule has 1 aromatic carbocycles. The number of rotatable bonds is 3. The van der Waals surface area contributed by atoms with Gasteiger partial charge in [-0.1, -0.05) is 38.5 Å². The predicted molar refractivity (Wildman–Crippen MR) is 78.7 cm³/mol. The molecule has 2 heteroatoms. The monoisotopic (exact) mass is 254 g/mol. The first-order valence-corrected chi connectivity index (χ1v) is 7.23. The number of aryl methyl sites for hydroxylation is 1. The molecule has 0 spiro atoms. The molecular formula is C17H22N2. The molecule has 0 radical (unpaired) electrons. The number of hydrogen-bond acceptors (Lipinski definition) is 1. The van der Waals surface area contributed by atoms with Crippen molar-refractivity contribution in [2.24, 2.45) is 5.41 Å². The molecule has 1 aliphatic rings. The van der Waals surface area contributed by atoms with Gasteiger partial charge in [0.05, 0.1) is 5.69 Å². The first kappa shape index (κ1) is 12.5. The maximum atomic E-state index is 4.54. The minimum Gasteiger partial charge on any atom is -0.237 e. The Balaban J connectivity index is 1.91. The molecule has 2 nitrogen and oxygen atoms in total. The summed E-state index contributed by atoms with van der Waals surface area (Å²) in [5, 5.41) is 4.54. The van der Waals surface area contributed by atoms with E-state index < -0.39 is 0 Å². The fourth-order valence-electron chi connectivity index (χ4n) is 3.25. The molecule has 0 N–H and O–H groups in total. The topological polar surface area (TPSA) is 17.8 Å². The van der Waals surface area contributed by atoms with Crippen LogP contribution < -0.4 is 0 Å². The van der Waals surface area contributed by atoms with Crippen molar-refractivity contribution < 1.29 is 0 Å². The van der Waals surface area contributed by atoms with Crippen LogP contribution >= 0.6 is 0 Å². The molecule has 0 amide bonds. The molecule has 0 saturated heterocycles. The van der Waals surface area contributed by atoms with Gasteiger partial charge in [-0.05, 0) is 42.9 Å². The molecule has 1 heterocycles. The third-order valence-electron chi connectivity index (χ3n) is 4.77. The predicted octanol–water partition coefficient (Wildman–Crippen LogP) is 4.47. The molecule has 0 aliphatic heterocycles. The highest BCUT2D eigenvalue weighted by Gasteiger charge is 2.40. The Hall–Kier alpha value is -1.57. The maximum absolute atomic E-state index is 4.54. The highest BCUT2D eigenvalue weighted by atomic mass is 15.3. The van der Waals surface area contributed by atoms with E-state index in [1.165, 1.54) is 36.2 Å². The van der Waals surface area contributed by atoms with Crippen LogP contribution in [0.4, 0.5) is 0 Å². The molecule has 0 atom stereocenters. The van der Waals surface area contributed by atoms with Gasteiger partial charge in [0.15, 0.2) is 0 Å². The number of benzene rings is 1. The fourth-order valence-corrected chi connectivity index (χ4v) is 3.25. The van der Waals surface area contributed by atoms with Crippen LogP contribution in [0.15, 0.2) is 36.5 Å². The van der Waals surface area contributed by atoms with Gasteiger partial charge in [-0.15, -0.1) is 0 Å². The van der Waals surface area contributed by atoms with Crippen LogP contribution in [0.2, 0.25) is 0 Å². The third-order valence-corrected chi connectivity index (χ3v) is 4.77. The fraction of sp³-hybridized carbons (Fsp3) is 0.471. The molecular weight excluding hydrogens is 232 g/mol. The molecule has 19 heavy (non-hydrogen) atoms. The van der Waals surface area contributed by atoms with E-state index in [4.69, 9.17) is 0 Å². The van der Waals surface area contributed by atoms with Gasteiger partial charge in [-0.3, -0.25) is 0 Å². The van der Waals surface area contributed by atoms with Gasteiger partial charge in [0.25, 0.3) is 0 Å². The Bertz CT molecular complexity index is 576. The van der Waals surface area contributed by atoms with Crippen molar-refractivity contribution in [3.8, 4) is 5.69 Å². The van der Waals surface area contributed by atoms with Gasteiger partial charge in [0.1, 0.15) is 0 Å². The number of hydrogen-bond donors (Lipinski definition) is 0. The number of nitrogens with zero attached hydrogens (tertiary/aromatic N) is 2. The summed E-state index contributed by atoms with van der Waals surface area (Å²) in [5.41, 5.74) is 4.42. The second-order valence-electron chi connectivity index (χ2n) is 6.22. The molecule has 3 rings (SSSR count). The Morgan fingerprint density at radius 1 is 1.26 bits per heavy atom. The lowest BCUT2D eigenvalue weighted by molar-refractivity contribution is 0.116. The van der Waals surface area contributed by atoms with E-state index in [9.17, 15) is 0 Å². The molecule has 0 bridgehead atoms. The Morgan fingerprint density at radius 2 is 2.00 bits per heavy atom. The molecule has 100 valence electrons. The molecule has 1 aliphatic carbocycles. The van der Waals surface area contributed by atoms with Gasteiger partial charge in [-0.2, -0.15) is 5.10 Å². The second kappa shape index (κ2) is 4.52. The van der Waals surface area contributed by atoms with Crippen LogP contribution in [0.5, 0.6) is 0 Å². The Kier molecular flexibility index (Phi) is 2.96. The van der Waals surface area contributed by atoms with E-state index in [0.29, 0.717) is 11.3 Å². The van der Waals surface area contributed by atoms with Crippen molar-refractivity contribution in [1.29, 1.82) is 0 Å². The lowest BCUT2D eigenvalue weighted by Crippen LogP contribution is -2.33. The summed E-state index contributed by atoms with van der Waals surface area (Å²) < 4.78 is 2.13. The lowest BCUT2D eigenvalue weighted by atomic mass is 9.61. The van der Waals surface area contributed by atoms with E-state index >= 15 is 0 Å². The van der Waals surface area contributed by atoms with E-state index in [1.54, 1.807) is 0 Å². The number of aromatic nitrogens is 2. The summed E-state index contributed by atoms with van der Waals surface area (Å²) in [4.78, 5) is 0. The first-order valence-electron chi connectivity index (χ1n) is 7.23. The smallest absolute Gasteiger partial charge is 0.0678 e. The first-order chi connectivity index (χ1) is 9.13. The SMILES string of the molecule is CCC1(C)CC(c2ccnn2-c2ccccc2C)C1. The van der Waals surface area contributed by atoms with Crippen molar-refractivity contribution >= 4 is 0 Å². The number of para-hydroxylation sites is 1. The molecule has 1 fully saturated rings. The Labute approximate surface area is 115 Å². The second-order valence-corrected chi connectivity index (χ2v) is 6.22. The van der Waals surface area contributed by atoms with Crippen molar-refractivity contribution in [3.05, 3.63) is 47.8 Å². The summed E-state index contributed by atoms with van der Waals surface area (Å²) >= 11 is 0. The highest BCUT2D eigenvalue weighted by molar-refractivity contribution is 5.41. The van der Waals surface area contributed by atoms with Crippen molar-refractivity contribution in [2.75, 3.05) is 0 Å². The highest BCUT2D eigenvalue weighted by Crippen LogP contribution is 2.52. The average molecular weight is 254 g/mol. The zero-order chi connectivity index (χ0) is 13.5. The lowest BCUT2D eigenvalue weighted by Gasteiger charge is -2.45. The van der Waals surface area contributed by atoms with Crippen molar-refractivity contribution in [1.82, 2.24) is 9.78 Å². The molecule has 2 aromatic rings. The van der Waals surface area contributed by atoms with Crippen LogP contribution in [0, 0.1) is 12.3 Å². The summed E-state index contributed by atoms with van der Waals surface area (Å²) in [6, 6.07) is 10.7. The van der Waals surface area contributed by atoms with Crippen LogP contribution in [0.25, 0.3) is 5.69 Å². The minimum atomic E-state index is 0.547. The summed E-state index contributed by atoms with van der Waals surface area (Å²) in [7, 11) is 0. The minimum absolute atomic E-state index is 0.547. The Morgan fingerprint density at radius 3 is 2.68 bits per heavy atom. The van der Waals surface area contributed by atoms with Crippen LogP contribution in [0.1, 0.15) is 50.3 Å². The summed E-state index contributed by atoms with van der Waals surface area (Å²) in [5.74, 6) is 0.673. The van der Waals surface area contributed by atoms with Crippen LogP contribution in [0.3, 0.4) is 0 Å². The largest absolute Gasteiger partial charge is 0.237 e. The van der Waals surface area contributed by atoms with Gasteiger partial charge >= 0.3 is 0 Å². The maximum Gasteiger partial charge on any atom is 0.0678 e. The van der Waals surface area contributed by atoms with Crippen LogP contribution in [-0.2, 0) is 0 Å². The van der Waals surface area contributed by atoms with Gasteiger partial charge < -0.3 is 0 Å². The molecule has 0 unspecified atom stereocenters. The normalized spacial score (nSPS) is 26.2. The average Bonchev–Trinajstić information content (AvgIpc) is 2.84. The van der Waals surface area contributed by atoms with Crippen LogP contribution in [-0.4, -0.2) is 9.78 Å². The van der Waals surface area contributed by atoms with Gasteiger partial charge in [0, 0.05) is 17.8 Å². The van der Waals surface area contributed by atoms with E-state index in [1.807, 2.05) is 6.20 Å². The van der Waals surface area contributed by atoms with E-state index in [-0.39, 0.29) is 0 Å².